The van der Waals surface area contributed by atoms with Crippen LogP contribution in [0.3, 0.4) is 0 Å². The molecule has 0 amide bonds. The molecule has 2 aromatic rings. The highest BCUT2D eigenvalue weighted by Crippen LogP contribution is 2.24. The molecule has 2 aromatic carbocycles. The highest BCUT2D eigenvalue weighted by atomic mass is 17.5. The molecule has 0 saturated heterocycles. The third kappa shape index (κ3) is 4.82. The zero-order valence-electron chi connectivity index (χ0n) is 12.7. The standard InChI is InChI=1S/C17H16O6/c1-12(2)20-17(19)22-23-21-16(18)15-11-7-6-10-14(15)13-8-4-3-5-9-13/h3-12H,1-2H3. The van der Waals surface area contributed by atoms with Crippen LogP contribution in [0.2, 0.25) is 0 Å². The maximum absolute atomic E-state index is 12.1. The van der Waals surface area contributed by atoms with E-state index in [0.29, 0.717) is 5.56 Å². The summed E-state index contributed by atoms with van der Waals surface area (Å²) in [4.78, 5) is 31.8. The Morgan fingerprint density at radius 1 is 0.870 bits per heavy atom. The van der Waals surface area contributed by atoms with Crippen LogP contribution in [-0.2, 0) is 19.6 Å². The smallest absolute Gasteiger partial charge is 0.430 e. The molecular formula is C17H16O6. The van der Waals surface area contributed by atoms with Crippen LogP contribution >= 0.6 is 0 Å². The van der Waals surface area contributed by atoms with Crippen molar-refractivity contribution in [1.82, 2.24) is 0 Å². The molecule has 0 atom stereocenters. The fourth-order valence-corrected chi connectivity index (χ4v) is 1.86. The summed E-state index contributed by atoms with van der Waals surface area (Å²) >= 11 is 0. The zero-order valence-corrected chi connectivity index (χ0v) is 12.7. The van der Waals surface area contributed by atoms with E-state index in [0.717, 1.165) is 5.56 Å². The summed E-state index contributed by atoms with van der Waals surface area (Å²) < 4.78 is 4.65. The summed E-state index contributed by atoms with van der Waals surface area (Å²) in [5, 5.41) is 4.18. The van der Waals surface area contributed by atoms with Gasteiger partial charge in [-0.05, 0) is 31.0 Å². The molecule has 0 N–H and O–H groups in total. The van der Waals surface area contributed by atoms with Gasteiger partial charge in [0.2, 0.25) is 0 Å². The van der Waals surface area contributed by atoms with E-state index >= 15 is 0 Å². The molecule has 2 rings (SSSR count). The number of carbonyl (C=O) groups excluding carboxylic acids is 2. The molecule has 120 valence electrons. The van der Waals surface area contributed by atoms with Crippen molar-refractivity contribution >= 4 is 12.1 Å². The molecule has 0 radical (unpaired) electrons. The minimum absolute atomic E-state index is 0.277. The van der Waals surface area contributed by atoms with Gasteiger partial charge < -0.3 is 4.74 Å². The van der Waals surface area contributed by atoms with Crippen LogP contribution < -0.4 is 0 Å². The normalized spacial score (nSPS) is 10.2. The predicted molar refractivity (Wildman–Crippen MR) is 81.1 cm³/mol. The summed E-state index contributed by atoms with van der Waals surface area (Å²) in [6, 6.07) is 16.2. The van der Waals surface area contributed by atoms with E-state index in [1.54, 1.807) is 38.1 Å². The molecule has 6 heteroatoms. The summed E-state index contributed by atoms with van der Waals surface area (Å²) in [6.45, 7) is 3.28. The number of rotatable bonds is 5. The van der Waals surface area contributed by atoms with Gasteiger partial charge in [0.15, 0.2) is 0 Å². The Bertz CT molecular complexity index is 666. The lowest BCUT2D eigenvalue weighted by molar-refractivity contribution is -0.452. The SMILES string of the molecule is CC(C)OC(=O)OOOC(=O)c1ccccc1-c1ccccc1. The first-order valence-electron chi connectivity index (χ1n) is 6.98. The molecule has 0 unspecified atom stereocenters. The monoisotopic (exact) mass is 316 g/mol. The minimum atomic E-state index is -1.09. The van der Waals surface area contributed by atoms with Gasteiger partial charge >= 0.3 is 12.1 Å². The molecule has 0 saturated carbocycles. The summed E-state index contributed by atoms with van der Waals surface area (Å²) in [5.41, 5.74) is 1.80. The number of ether oxygens (including phenoxy) is 1. The van der Waals surface area contributed by atoms with Crippen molar-refractivity contribution < 1.29 is 29.1 Å². The quantitative estimate of drug-likeness (QED) is 0.473. The first-order valence-corrected chi connectivity index (χ1v) is 6.98. The highest BCUT2D eigenvalue weighted by Gasteiger charge is 2.16. The van der Waals surface area contributed by atoms with Crippen molar-refractivity contribution in [2.75, 3.05) is 0 Å². The van der Waals surface area contributed by atoms with Crippen LogP contribution in [0, 0.1) is 0 Å². The van der Waals surface area contributed by atoms with Gasteiger partial charge in [-0.2, -0.15) is 0 Å². The van der Waals surface area contributed by atoms with E-state index in [1.807, 2.05) is 30.3 Å². The number of hydrogen-bond acceptors (Lipinski definition) is 6. The van der Waals surface area contributed by atoms with E-state index in [9.17, 15) is 9.59 Å². The van der Waals surface area contributed by atoms with Gasteiger partial charge in [0.05, 0.1) is 16.7 Å². The van der Waals surface area contributed by atoms with Gasteiger partial charge in [-0.15, -0.1) is 0 Å². The Hall–Kier alpha value is -2.86. The molecule has 0 bridgehead atoms. The molecule has 0 aliphatic rings. The Labute approximate surface area is 133 Å². The van der Waals surface area contributed by atoms with Crippen molar-refractivity contribution in [3.63, 3.8) is 0 Å². The maximum Gasteiger partial charge on any atom is 0.543 e. The van der Waals surface area contributed by atoms with Gasteiger partial charge in [0.1, 0.15) is 0 Å². The van der Waals surface area contributed by atoms with Crippen molar-refractivity contribution in [2.45, 2.75) is 20.0 Å². The minimum Gasteiger partial charge on any atom is -0.430 e. The predicted octanol–water partition coefficient (Wildman–Crippen LogP) is 3.92. The van der Waals surface area contributed by atoms with Crippen LogP contribution in [0.4, 0.5) is 4.79 Å². The Morgan fingerprint density at radius 3 is 2.22 bits per heavy atom. The molecule has 0 aromatic heterocycles. The summed E-state index contributed by atoms with van der Waals surface area (Å²) in [7, 11) is 0. The first-order chi connectivity index (χ1) is 11.1. The Morgan fingerprint density at radius 2 is 1.52 bits per heavy atom. The molecule has 0 fully saturated rings. The third-order valence-electron chi connectivity index (χ3n) is 2.78. The molecule has 0 aliphatic carbocycles. The fraction of sp³-hybridized carbons (Fsp3) is 0.176. The van der Waals surface area contributed by atoms with Gasteiger partial charge in [-0.3, -0.25) is 4.89 Å². The fourth-order valence-electron chi connectivity index (χ4n) is 1.86. The molecule has 23 heavy (non-hydrogen) atoms. The lowest BCUT2D eigenvalue weighted by Gasteiger charge is -2.08. The average Bonchev–Trinajstić information content (AvgIpc) is 2.55. The van der Waals surface area contributed by atoms with E-state index in [-0.39, 0.29) is 11.7 Å². The largest absolute Gasteiger partial charge is 0.543 e. The molecule has 0 spiro atoms. The molecule has 6 nitrogen and oxygen atoms in total. The second-order valence-electron chi connectivity index (χ2n) is 4.85. The lowest BCUT2D eigenvalue weighted by atomic mass is 10.00. The lowest BCUT2D eigenvalue weighted by Crippen LogP contribution is -2.15. The Kier molecular flexibility index (Phi) is 5.71. The first kappa shape index (κ1) is 16.5. The topological polar surface area (TPSA) is 71.1 Å². The van der Waals surface area contributed by atoms with Crippen LogP contribution in [0.1, 0.15) is 24.2 Å². The summed E-state index contributed by atoms with van der Waals surface area (Å²) in [5.74, 6) is -0.790. The van der Waals surface area contributed by atoms with Gasteiger partial charge in [-0.1, -0.05) is 48.5 Å². The van der Waals surface area contributed by atoms with E-state index in [2.05, 4.69) is 19.6 Å². The third-order valence-corrected chi connectivity index (χ3v) is 2.78. The van der Waals surface area contributed by atoms with Crippen molar-refractivity contribution in [3.05, 3.63) is 60.2 Å². The number of benzene rings is 2. The van der Waals surface area contributed by atoms with Crippen molar-refractivity contribution in [2.24, 2.45) is 0 Å². The average molecular weight is 316 g/mol. The van der Waals surface area contributed by atoms with E-state index in [4.69, 9.17) is 0 Å². The number of hydrogen-bond donors (Lipinski definition) is 0. The Balaban J connectivity index is 2.02. The van der Waals surface area contributed by atoms with Gasteiger partial charge in [0, 0.05) is 0 Å². The molecular weight excluding hydrogens is 300 g/mol. The van der Waals surface area contributed by atoms with E-state index in [1.165, 1.54) is 0 Å². The van der Waals surface area contributed by atoms with Crippen LogP contribution in [0.5, 0.6) is 0 Å². The maximum atomic E-state index is 12.1. The second kappa shape index (κ2) is 7.95. The van der Waals surface area contributed by atoms with E-state index < -0.39 is 12.1 Å². The van der Waals surface area contributed by atoms with Crippen molar-refractivity contribution in [1.29, 1.82) is 0 Å². The summed E-state index contributed by atoms with van der Waals surface area (Å²) in [6.07, 6.45) is -1.47. The van der Waals surface area contributed by atoms with Crippen LogP contribution in [0.15, 0.2) is 54.6 Å². The molecule has 0 aliphatic heterocycles. The van der Waals surface area contributed by atoms with Gasteiger partial charge in [0.25, 0.3) is 0 Å². The zero-order chi connectivity index (χ0) is 16.7. The van der Waals surface area contributed by atoms with Crippen LogP contribution in [-0.4, -0.2) is 18.2 Å². The highest BCUT2D eigenvalue weighted by molar-refractivity contribution is 5.96. The number of carbonyl (C=O) groups is 2. The van der Waals surface area contributed by atoms with Gasteiger partial charge in [-0.25, -0.2) is 14.5 Å². The van der Waals surface area contributed by atoms with Crippen LogP contribution in [0.25, 0.3) is 11.1 Å². The second-order valence-corrected chi connectivity index (χ2v) is 4.85. The van der Waals surface area contributed by atoms with Crippen molar-refractivity contribution in [3.8, 4) is 11.1 Å². The molecule has 0 heterocycles.